The van der Waals surface area contributed by atoms with Crippen molar-refractivity contribution >= 4 is 39.2 Å². The maximum atomic E-state index is 12.8. The lowest BCUT2D eigenvalue weighted by Crippen LogP contribution is -2.45. The number of nitrogens with one attached hydrogen (secondary N) is 1. The summed E-state index contributed by atoms with van der Waals surface area (Å²) in [5.41, 5.74) is 1.82. The molecule has 0 radical (unpaired) electrons. The van der Waals surface area contributed by atoms with Crippen molar-refractivity contribution in [2.75, 3.05) is 6.54 Å². The van der Waals surface area contributed by atoms with Crippen LogP contribution in [-0.2, 0) is 10.5 Å². The van der Waals surface area contributed by atoms with E-state index in [9.17, 15) is 9.59 Å². The van der Waals surface area contributed by atoms with Crippen LogP contribution in [0.15, 0.2) is 40.5 Å². The summed E-state index contributed by atoms with van der Waals surface area (Å²) in [5.74, 6) is 1.33. The van der Waals surface area contributed by atoms with Crippen LogP contribution in [0.2, 0.25) is 0 Å². The third-order valence-corrected chi connectivity index (χ3v) is 7.50. The molecule has 1 saturated heterocycles. The van der Waals surface area contributed by atoms with Gasteiger partial charge in [-0.2, -0.15) is 0 Å². The zero-order chi connectivity index (χ0) is 20.4. The number of thiophene rings is 1. The van der Waals surface area contributed by atoms with Gasteiger partial charge in [0.1, 0.15) is 10.7 Å². The highest BCUT2D eigenvalue weighted by molar-refractivity contribution is 7.99. The van der Waals surface area contributed by atoms with E-state index >= 15 is 0 Å². The minimum absolute atomic E-state index is 0.116. The van der Waals surface area contributed by atoms with Gasteiger partial charge in [-0.25, -0.2) is 4.98 Å². The van der Waals surface area contributed by atoms with E-state index in [1.807, 2.05) is 47.5 Å². The normalized spacial score (nSPS) is 18.1. The van der Waals surface area contributed by atoms with Crippen LogP contribution in [-0.4, -0.2) is 38.6 Å². The van der Waals surface area contributed by atoms with E-state index < -0.39 is 0 Å². The molecule has 29 heavy (non-hydrogen) atoms. The molecular weight excluding hydrogens is 402 g/mol. The second-order valence-corrected chi connectivity index (χ2v) is 9.73. The highest BCUT2D eigenvalue weighted by atomic mass is 32.2. The molecule has 1 fully saturated rings. The number of carbonyl (C=O) groups excluding carboxylic acids is 1. The third-order valence-electron chi connectivity index (χ3n) is 5.48. The van der Waals surface area contributed by atoms with E-state index in [0.29, 0.717) is 23.0 Å². The van der Waals surface area contributed by atoms with Crippen molar-refractivity contribution in [3.8, 4) is 11.1 Å². The molecule has 3 aromatic rings. The molecule has 7 heteroatoms. The van der Waals surface area contributed by atoms with Gasteiger partial charge in [-0.05, 0) is 38.7 Å². The molecule has 0 saturated carbocycles. The Kier molecular flexibility index (Phi) is 6.06. The van der Waals surface area contributed by atoms with Crippen LogP contribution in [0.1, 0.15) is 38.9 Å². The first-order valence-corrected chi connectivity index (χ1v) is 12.0. The van der Waals surface area contributed by atoms with Crippen molar-refractivity contribution in [3.05, 3.63) is 51.9 Å². The molecule has 1 aromatic carbocycles. The number of amides is 1. The lowest BCUT2D eigenvalue weighted by atomic mass is 10.0. The lowest BCUT2D eigenvalue weighted by molar-refractivity contribution is -0.133. The number of hydrogen-bond acceptors (Lipinski definition) is 5. The molecular formula is C22H25N3O2S2. The largest absolute Gasteiger partial charge is 0.339 e. The number of rotatable bonds is 5. The van der Waals surface area contributed by atoms with E-state index in [-0.39, 0.29) is 16.7 Å². The van der Waals surface area contributed by atoms with E-state index in [4.69, 9.17) is 0 Å². The molecule has 2 atom stereocenters. The molecule has 5 nitrogen and oxygen atoms in total. The van der Waals surface area contributed by atoms with Crippen LogP contribution in [0, 0.1) is 0 Å². The van der Waals surface area contributed by atoms with Crippen molar-refractivity contribution in [1.82, 2.24) is 14.9 Å². The van der Waals surface area contributed by atoms with Crippen molar-refractivity contribution < 1.29 is 4.79 Å². The average Bonchev–Trinajstić information content (AvgIpc) is 3.17. The zero-order valence-corrected chi connectivity index (χ0v) is 18.3. The predicted octanol–water partition coefficient (Wildman–Crippen LogP) is 4.67. The number of thioether (sulfide) groups is 1. The number of piperidine rings is 1. The summed E-state index contributed by atoms with van der Waals surface area (Å²) in [5, 5.41) is 2.48. The van der Waals surface area contributed by atoms with E-state index in [1.165, 1.54) is 29.5 Å². The van der Waals surface area contributed by atoms with Crippen molar-refractivity contribution in [2.45, 2.75) is 50.2 Å². The van der Waals surface area contributed by atoms with Gasteiger partial charge >= 0.3 is 0 Å². The first-order chi connectivity index (χ1) is 14.0. The van der Waals surface area contributed by atoms with Gasteiger partial charge in [-0.15, -0.1) is 23.1 Å². The number of likely N-dealkylation sites (tertiary alicyclic amines) is 1. The lowest BCUT2D eigenvalue weighted by Gasteiger charge is -2.35. The molecule has 0 spiro atoms. The molecule has 152 valence electrons. The number of carbonyl (C=O) groups is 1. The summed E-state index contributed by atoms with van der Waals surface area (Å²) < 4.78 is 0. The maximum Gasteiger partial charge on any atom is 0.260 e. The van der Waals surface area contributed by atoms with E-state index in [1.54, 1.807) is 0 Å². The molecule has 3 heterocycles. The minimum atomic E-state index is -0.153. The number of hydrogen-bond donors (Lipinski definition) is 1. The smallest absolute Gasteiger partial charge is 0.260 e. The van der Waals surface area contributed by atoms with Gasteiger partial charge in [-0.1, -0.05) is 30.3 Å². The van der Waals surface area contributed by atoms with Crippen LogP contribution < -0.4 is 5.56 Å². The van der Waals surface area contributed by atoms with Crippen LogP contribution in [0.25, 0.3) is 21.3 Å². The predicted molar refractivity (Wildman–Crippen MR) is 121 cm³/mol. The van der Waals surface area contributed by atoms with Crippen LogP contribution >= 0.6 is 23.1 Å². The van der Waals surface area contributed by atoms with E-state index in [0.717, 1.165) is 35.3 Å². The molecule has 1 aliphatic heterocycles. The highest BCUT2D eigenvalue weighted by Gasteiger charge is 2.27. The fraction of sp³-hybridized carbons (Fsp3) is 0.409. The number of aromatic nitrogens is 2. The Morgan fingerprint density at radius 2 is 2.14 bits per heavy atom. The topological polar surface area (TPSA) is 66.1 Å². The van der Waals surface area contributed by atoms with E-state index in [2.05, 4.69) is 16.9 Å². The average molecular weight is 428 g/mol. The van der Waals surface area contributed by atoms with Gasteiger partial charge < -0.3 is 9.88 Å². The Morgan fingerprint density at radius 3 is 2.90 bits per heavy atom. The first kappa shape index (κ1) is 20.2. The summed E-state index contributed by atoms with van der Waals surface area (Å²) in [7, 11) is 0. The van der Waals surface area contributed by atoms with Crippen LogP contribution in [0.5, 0.6) is 0 Å². The van der Waals surface area contributed by atoms with Gasteiger partial charge in [0.25, 0.3) is 5.56 Å². The molecule has 1 N–H and O–H groups in total. The summed E-state index contributed by atoms with van der Waals surface area (Å²) in [6, 6.07) is 10.2. The fourth-order valence-corrected chi connectivity index (χ4v) is 5.62. The molecule has 1 amide bonds. The molecule has 1 aliphatic rings. The Morgan fingerprint density at radius 1 is 1.34 bits per heavy atom. The second kappa shape index (κ2) is 8.71. The summed E-state index contributed by atoms with van der Waals surface area (Å²) in [6.07, 6.45) is 3.36. The molecule has 2 aromatic heterocycles. The summed E-state index contributed by atoms with van der Waals surface area (Å²) >= 11 is 3.02. The zero-order valence-electron chi connectivity index (χ0n) is 16.7. The van der Waals surface area contributed by atoms with Crippen molar-refractivity contribution in [1.29, 1.82) is 0 Å². The van der Waals surface area contributed by atoms with Crippen molar-refractivity contribution in [3.63, 3.8) is 0 Å². The van der Waals surface area contributed by atoms with Gasteiger partial charge in [-0.3, -0.25) is 9.59 Å². The number of nitrogens with zero attached hydrogens (tertiary/aromatic N) is 2. The molecule has 2 unspecified atom stereocenters. The molecule has 0 aliphatic carbocycles. The van der Waals surface area contributed by atoms with Gasteiger partial charge in [0, 0.05) is 23.5 Å². The van der Waals surface area contributed by atoms with Crippen LogP contribution in [0.4, 0.5) is 0 Å². The number of H-pyrrole nitrogens is 1. The Hall–Kier alpha value is -2.12. The summed E-state index contributed by atoms with van der Waals surface area (Å²) in [4.78, 5) is 35.9. The minimum Gasteiger partial charge on any atom is -0.339 e. The highest BCUT2D eigenvalue weighted by Crippen LogP contribution is 2.31. The number of aromatic amines is 1. The number of fused-ring (bicyclic) bond motifs is 1. The van der Waals surface area contributed by atoms with Gasteiger partial charge in [0.05, 0.1) is 16.4 Å². The first-order valence-electron chi connectivity index (χ1n) is 10.0. The molecule has 0 bridgehead atoms. The monoisotopic (exact) mass is 427 g/mol. The maximum absolute atomic E-state index is 12.8. The van der Waals surface area contributed by atoms with Crippen molar-refractivity contribution in [2.24, 2.45) is 0 Å². The fourth-order valence-electron chi connectivity index (χ4n) is 3.83. The van der Waals surface area contributed by atoms with Crippen LogP contribution in [0.3, 0.4) is 0 Å². The molecule has 4 rings (SSSR count). The Balaban J connectivity index is 1.49. The Labute approximate surface area is 178 Å². The quantitative estimate of drug-likeness (QED) is 0.642. The number of benzene rings is 1. The van der Waals surface area contributed by atoms with Gasteiger partial charge in [0.15, 0.2) is 0 Å². The Bertz CT molecular complexity index is 1060. The summed E-state index contributed by atoms with van der Waals surface area (Å²) in [6.45, 7) is 4.93. The standard InChI is InChI=1S/C22H25N3O2S2/c1-14-8-6-7-11-25(14)22(27)15(2)28-13-18-23-20(26)19-17(12-29-21(19)24-18)16-9-4-3-5-10-16/h3-5,9-10,12,14-15H,6-8,11,13H2,1-2H3,(H,23,24,26). The second-order valence-electron chi connectivity index (χ2n) is 7.54. The van der Waals surface area contributed by atoms with Gasteiger partial charge in [0.2, 0.25) is 5.91 Å². The third kappa shape index (κ3) is 4.26. The SMILES string of the molecule is CC(SCc1nc2scc(-c3ccccc3)c2c(=O)[nH]1)C(=O)N1CCCCC1C.